The minimum absolute atomic E-state index is 0.112. The lowest BCUT2D eigenvalue weighted by molar-refractivity contribution is 0.199. The van der Waals surface area contributed by atoms with Gasteiger partial charge in [-0.15, -0.1) is 5.10 Å². The van der Waals surface area contributed by atoms with Crippen LogP contribution in [0.15, 0.2) is 77.6 Å². The van der Waals surface area contributed by atoms with Crippen LogP contribution >= 0.6 is 0 Å². The van der Waals surface area contributed by atoms with Gasteiger partial charge >= 0.3 is 0 Å². The normalized spacial score (nSPS) is 14.9. The Balaban J connectivity index is 1.35. The number of aromatic amines is 1. The summed E-state index contributed by atoms with van der Waals surface area (Å²) in [5.41, 5.74) is 6.06. The number of nitrogens with zero attached hydrogens (tertiary/aromatic N) is 6. The number of aromatic nitrogens is 5. The largest absolute Gasteiger partial charge is 0.497 e. The summed E-state index contributed by atoms with van der Waals surface area (Å²) in [6.45, 7) is 7.88. The summed E-state index contributed by atoms with van der Waals surface area (Å²) in [5.74, 6) is 1.53. The lowest BCUT2D eigenvalue weighted by Crippen LogP contribution is -2.49. The first-order valence-corrected chi connectivity index (χ1v) is 14.1. The number of fused-ring (bicyclic) bond motifs is 1. The average molecular weight is 550 g/mol. The van der Waals surface area contributed by atoms with Gasteiger partial charge in [-0.1, -0.05) is 36.4 Å². The molecule has 9 nitrogen and oxygen atoms in total. The van der Waals surface area contributed by atoms with Gasteiger partial charge in [0.1, 0.15) is 11.8 Å². The Morgan fingerprint density at radius 2 is 1.71 bits per heavy atom. The van der Waals surface area contributed by atoms with Crippen molar-refractivity contribution >= 4 is 16.6 Å². The van der Waals surface area contributed by atoms with Gasteiger partial charge in [0.05, 0.1) is 7.11 Å². The number of pyridine rings is 1. The molecule has 1 atom stereocenters. The van der Waals surface area contributed by atoms with Crippen LogP contribution in [0, 0.1) is 13.8 Å². The topological polar surface area (TPSA) is 92.2 Å². The van der Waals surface area contributed by atoms with E-state index in [0.29, 0.717) is 17.9 Å². The van der Waals surface area contributed by atoms with Crippen molar-refractivity contribution in [2.45, 2.75) is 32.9 Å². The summed E-state index contributed by atoms with van der Waals surface area (Å²) >= 11 is 0. The SMILES string of the molecule is COc1cccc(N2CCN(C(c3cc4cc(C)c(C)cc4[nH]c3=O)c3nnnn3CCc3ccccc3)CC2)c1. The number of benzene rings is 3. The molecule has 0 saturated carbocycles. The molecule has 2 aromatic heterocycles. The third kappa shape index (κ3) is 5.58. The number of methoxy groups -OCH3 is 1. The van der Waals surface area contributed by atoms with Crippen molar-refractivity contribution in [1.29, 1.82) is 0 Å². The van der Waals surface area contributed by atoms with Crippen LogP contribution in [0.1, 0.15) is 34.1 Å². The molecule has 0 spiro atoms. The highest BCUT2D eigenvalue weighted by atomic mass is 16.5. The first-order valence-electron chi connectivity index (χ1n) is 14.1. The number of rotatable bonds is 8. The highest BCUT2D eigenvalue weighted by molar-refractivity contribution is 5.81. The maximum Gasteiger partial charge on any atom is 0.253 e. The minimum atomic E-state index is -0.386. The van der Waals surface area contributed by atoms with Crippen molar-refractivity contribution in [3.8, 4) is 5.75 Å². The first-order chi connectivity index (χ1) is 20.0. The molecular weight excluding hydrogens is 514 g/mol. The predicted molar refractivity (Wildman–Crippen MR) is 161 cm³/mol. The molecule has 1 saturated heterocycles. The van der Waals surface area contributed by atoms with E-state index in [1.807, 2.05) is 47.1 Å². The molecule has 1 aliphatic rings. The highest BCUT2D eigenvalue weighted by Crippen LogP contribution is 2.30. The number of hydrogen-bond donors (Lipinski definition) is 1. The van der Waals surface area contributed by atoms with Crippen LogP contribution in [0.4, 0.5) is 5.69 Å². The molecule has 210 valence electrons. The van der Waals surface area contributed by atoms with E-state index in [4.69, 9.17) is 4.74 Å². The summed E-state index contributed by atoms with van der Waals surface area (Å²) in [5, 5.41) is 14.0. The van der Waals surface area contributed by atoms with Crippen LogP contribution in [0.25, 0.3) is 10.9 Å². The molecule has 0 aliphatic carbocycles. The Morgan fingerprint density at radius 3 is 2.49 bits per heavy atom. The van der Waals surface area contributed by atoms with Crippen LogP contribution in [0.5, 0.6) is 5.75 Å². The smallest absolute Gasteiger partial charge is 0.253 e. The molecule has 1 N–H and O–H groups in total. The van der Waals surface area contributed by atoms with Gasteiger partial charge < -0.3 is 14.6 Å². The standard InChI is InChI=1S/C32H35N7O2/c1-22-18-25-20-28(32(40)33-29(25)19-23(22)2)30(31-34-35-36-39(31)13-12-24-8-5-4-6-9-24)38-16-14-37(15-17-38)26-10-7-11-27(21-26)41-3/h4-11,18-21,30H,12-17H2,1-3H3,(H,33,40). The van der Waals surface area contributed by atoms with Crippen molar-refractivity contribution < 1.29 is 4.74 Å². The van der Waals surface area contributed by atoms with E-state index in [-0.39, 0.29) is 11.6 Å². The summed E-state index contributed by atoms with van der Waals surface area (Å²) in [6, 6.07) is 24.3. The van der Waals surface area contributed by atoms with Crippen LogP contribution in [-0.2, 0) is 13.0 Å². The van der Waals surface area contributed by atoms with Crippen molar-refractivity contribution in [1.82, 2.24) is 30.1 Å². The molecular formula is C32H35N7O2. The number of nitrogens with one attached hydrogen (secondary N) is 1. The Labute approximate surface area is 239 Å². The first kappa shape index (κ1) is 26.7. The molecule has 1 unspecified atom stereocenters. The summed E-state index contributed by atoms with van der Waals surface area (Å²) in [6.07, 6.45) is 0.793. The maximum absolute atomic E-state index is 13.7. The number of tetrazole rings is 1. The second-order valence-electron chi connectivity index (χ2n) is 10.7. The van der Waals surface area contributed by atoms with Gasteiger partial charge in [0.25, 0.3) is 5.56 Å². The molecule has 5 aromatic rings. The van der Waals surface area contributed by atoms with E-state index >= 15 is 0 Å². The molecule has 3 aromatic carbocycles. The molecule has 6 rings (SSSR count). The van der Waals surface area contributed by atoms with Gasteiger partial charge in [-0.3, -0.25) is 9.69 Å². The van der Waals surface area contributed by atoms with Crippen LogP contribution in [-0.4, -0.2) is 63.4 Å². The number of aryl methyl sites for hydroxylation is 4. The van der Waals surface area contributed by atoms with E-state index in [1.165, 1.54) is 11.1 Å². The second-order valence-corrected chi connectivity index (χ2v) is 10.7. The van der Waals surface area contributed by atoms with Gasteiger partial charge in [0.15, 0.2) is 5.82 Å². The van der Waals surface area contributed by atoms with Gasteiger partial charge in [0.2, 0.25) is 0 Å². The Hall–Kier alpha value is -4.50. The van der Waals surface area contributed by atoms with Crippen molar-refractivity contribution in [2.24, 2.45) is 0 Å². The fourth-order valence-corrected chi connectivity index (χ4v) is 5.69. The summed E-state index contributed by atoms with van der Waals surface area (Å²) in [4.78, 5) is 21.5. The second kappa shape index (κ2) is 11.5. The van der Waals surface area contributed by atoms with Crippen molar-refractivity contribution in [2.75, 3.05) is 38.2 Å². The number of ether oxygens (including phenoxy) is 1. The van der Waals surface area contributed by atoms with E-state index in [1.54, 1.807) is 7.11 Å². The lowest BCUT2D eigenvalue weighted by atomic mass is 10.00. The van der Waals surface area contributed by atoms with Crippen molar-refractivity contribution in [3.05, 3.63) is 111 Å². The summed E-state index contributed by atoms with van der Waals surface area (Å²) in [7, 11) is 1.69. The fourth-order valence-electron chi connectivity index (χ4n) is 5.69. The van der Waals surface area contributed by atoms with Crippen LogP contribution < -0.4 is 15.2 Å². The average Bonchev–Trinajstić information content (AvgIpc) is 3.46. The van der Waals surface area contributed by atoms with Gasteiger partial charge in [-0.05, 0) is 83.1 Å². The number of piperazine rings is 1. The lowest BCUT2D eigenvalue weighted by Gasteiger charge is -2.39. The number of H-pyrrole nitrogens is 1. The molecule has 0 radical (unpaired) electrons. The van der Waals surface area contributed by atoms with E-state index in [9.17, 15) is 4.79 Å². The van der Waals surface area contributed by atoms with Crippen molar-refractivity contribution in [3.63, 3.8) is 0 Å². The van der Waals surface area contributed by atoms with Crippen LogP contribution in [0.2, 0.25) is 0 Å². The zero-order chi connectivity index (χ0) is 28.3. The third-order valence-electron chi connectivity index (χ3n) is 8.14. The maximum atomic E-state index is 13.7. The Morgan fingerprint density at radius 1 is 0.927 bits per heavy atom. The molecule has 0 bridgehead atoms. The zero-order valence-corrected chi connectivity index (χ0v) is 23.7. The van der Waals surface area contributed by atoms with Gasteiger partial charge in [-0.2, -0.15) is 0 Å². The highest BCUT2D eigenvalue weighted by Gasteiger charge is 2.33. The minimum Gasteiger partial charge on any atom is -0.497 e. The Bertz CT molecular complexity index is 1700. The quantitative estimate of drug-likeness (QED) is 0.309. The third-order valence-corrected chi connectivity index (χ3v) is 8.14. The zero-order valence-electron chi connectivity index (χ0n) is 23.7. The van der Waals surface area contributed by atoms with Gasteiger partial charge in [-0.25, -0.2) is 4.68 Å². The molecule has 9 heteroatoms. The number of hydrogen-bond acceptors (Lipinski definition) is 7. The van der Waals surface area contributed by atoms with Crippen LogP contribution in [0.3, 0.4) is 0 Å². The van der Waals surface area contributed by atoms with E-state index in [2.05, 4.69) is 74.5 Å². The molecule has 41 heavy (non-hydrogen) atoms. The molecule has 1 aliphatic heterocycles. The molecule has 3 heterocycles. The molecule has 1 fully saturated rings. The fraction of sp³-hybridized carbons (Fsp3) is 0.312. The van der Waals surface area contributed by atoms with Gasteiger partial charge in [0, 0.05) is 55.6 Å². The summed E-state index contributed by atoms with van der Waals surface area (Å²) < 4.78 is 7.30. The Kier molecular flexibility index (Phi) is 7.52. The monoisotopic (exact) mass is 549 g/mol. The predicted octanol–water partition coefficient (Wildman–Crippen LogP) is 4.29. The van der Waals surface area contributed by atoms with E-state index in [0.717, 1.165) is 60.5 Å². The molecule has 0 amide bonds. The number of anilines is 1. The van der Waals surface area contributed by atoms with E-state index < -0.39 is 0 Å².